The molecule has 2 amide bonds. The van der Waals surface area contributed by atoms with Gasteiger partial charge in [-0.1, -0.05) is 32.6 Å². The molecule has 1 rings (SSSR count). The maximum Gasteiger partial charge on any atom is 0.243 e. The Balaban J connectivity index is 2.36. The Hall–Kier alpha value is -2.38. The highest BCUT2D eigenvalue weighted by Gasteiger charge is 2.21. The first-order chi connectivity index (χ1) is 12.0. The van der Waals surface area contributed by atoms with Crippen LogP contribution in [0.3, 0.4) is 0 Å². The molecule has 8 nitrogen and oxygen atoms in total. The van der Waals surface area contributed by atoms with Gasteiger partial charge in [-0.25, -0.2) is 4.98 Å². The number of carbonyl (C=O) groups excluding carboxylic acids is 2. The van der Waals surface area contributed by atoms with E-state index in [0.29, 0.717) is 19.4 Å². The average molecular weight is 350 g/mol. The van der Waals surface area contributed by atoms with E-state index in [9.17, 15) is 9.59 Å². The summed E-state index contributed by atoms with van der Waals surface area (Å²) in [6, 6.07) is -0.806. The molecule has 0 bridgehead atoms. The average Bonchev–Trinajstić information content (AvgIpc) is 3.07. The molecule has 0 radical (unpaired) electrons. The number of aromatic nitrogens is 2. The van der Waals surface area contributed by atoms with E-state index in [-0.39, 0.29) is 24.1 Å². The van der Waals surface area contributed by atoms with Crippen LogP contribution in [0.4, 0.5) is 0 Å². The van der Waals surface area contributed by atoms with Crippen LogP contribution in [0.1, 0.15) is 57.6 Å². The lowest BCUT2D eigenvalue weighted by Crippen LogP contribution is -2.48. The molecular weight excluding hydrogens is 320 g/mol. The van der Waals surface area contributed by atoms with Crippen molar-refractivity contribution in [2.24, 2.45) is 5.73 Å². The molecule has 1 aromatic rings. The van der Waals surface area contributed by atoms with Crippen molar-refractivity contribution in [3.8, 4) is 0 Å². The molecule has 0 aliphatic carbocycles. The van der Waals surface area contributed by atoms with Gasteiger partial charge in [-0.2, -0.15) is 0 Å². The Morgan fingerprint density at radius 2 is 2.08 bits per heavy atom. The van der Waals surface area contributed by atoms with Gasteiger partial charge in [-0.3, -0.25) is 15.0 Å². The number of H-pyrrole nitrogens is 1. The fourth-order valence-corrected chi connectivity index (χ4v) is 2.45. The number of aromatic amines is 1. The van der Waals surface area contributed by atoms with Gasteiger partial charge < -0.3 is 21.4 Å². The minimum Gasteiger partial charge on any atom is -0.388 e. The predicted octanol–water partition coefficient (Wildman–Crippen LogP) is 1.24. The molecule has 140 valence electrons. The van der Waals surface area contributed by atoms with E-state index in [2.05, 4.69) is 27.5 Å². The predicted molar refractivity (Wildman–Crippen MR) is 97.1 cm³/mol. The standard InChI is InChI=1S/C17H30N6O2/c1-2-3-4-5-6-7-16(24)23-14(10-15(18)19)17(25)21-9-8-13-11-20-12-22-13/h11-12,14H,2-10H2,1H3,(H3,18,19)(H,20,22)(H,21,25)(H,23,24)/t14-/m1/s1. The van der Waals surface area contributed by atoms with Gasteiger partial charge in [0.25, 0.3) is 0 Å². The van der Waals surface area contributed by atoms with Crippen molar-refractivity contribution in [2.45, 2.75) is 64.3 Å². The number of rotatable bonds is 13. The highest BCUT2D eigenvalue weighted by molar-refractivity contribution is 5.92. The second-order valence-corrected chi connectivity index (χ2v) is 6.12. The summed E-state index contributed by atoms with van der Waals surface area (Å²) in [5.74, 6) is -0.633. The van der Waals surface area contributed by atoms with E-state index >= 15 is 0 Å². The van der Waals surface area contributed by atoms with Crippen LogP contribution in [0.25, 0.3) is 0 Å². The van der Waals surface area contributed by atoms with Crippen LogP contribution in [0, 0.1) is 5.41 Å². The zero-order chi connectivity index (χ0) is 18.5. The van der Waals surface area contributed by atoms with Gasteiger partial charge in [-0.15, -0.1) is 0 Å². The fraction of sp³-hybridized carbons (Fsp3) is 0.647. The van der Waals surface area contributed by atoms with Crippen LogP contribution in [0.2, 0.25) is 0 Å². The number of imidazole rings is 1. The molecule has 1 aromatic heterocycles. The van der Waals surface area contributed by atoms with Crippen LogP contribution >= 0.6 is 0 Å². The number of amides is 2. The summed E-state index contributed by atoms with van der Waals surface area (Å²) in [7, 11) is 0. The first kappa shape index (κ1) is 20.7. The number of nitrogens with zero attached hydrogens (tertiary/aromatic N) is 1. The number of carbonyl (C=O) groups is 2. The Bertz CT molecular complexity index is 529. The van der Waals surface area contributed by atoms with Crippen molar-refractivity contribution in [3.63, 3.8) is 0 Å². The zero-order valence-electron chi connectivity index (χ0n) is 14.9. The molecule has 0 aliphatic rings. The van der Waals surface area contributed by atoms with Gasteiger partial charge in [0, 0.05) is 32.0 Å². The van der Waals surface area contributed by atoms with Crippen molar-refractivity contribution in [3.05, 3.63) is 18.2 Å². The number of hydrogen-bond donors (Lipinski definition) is 5. The second kappa shape index (κ2) is 12.0. The number of amidine groups is 1. The Morgan fingerprint density at radius 3 is 2.72 bits per heavy atom. The van der Waals surface area contributed by atoms with Crippen molar-refractivity contribution in [1.82, 2.24) is 20.6 Å². The third-order valence-electron chi connectivity index (χ3n) is 3.82. The van der Waals surface area contributed by atoms with E-state index in [1.165, 1.54) is 6.42 Å². The Morgan fingerprint density at radius 1 is 1.32 bits per heavy atom. The van der Waals surface area contributed by atoms with Crippen molar-refractivity contribution in [2.75, 3.05) is 6.54 Å². The Labute approximate surface area is 148 Å². The molecule has 0 fully saturated rings. The van der Waals surface area contributed by atoms with Gasteiger partial charge in [0.15, 0.2) is 0 Å². The third-order valence-corrected chi connectivity index (χ3v) is 3.82. The van der Waals surface area contributed by atoms with E-state index in [0.717, 1.165) is 31.4 Å². The summed E-state index contributed by atoms with van der Waals surface area (Å²) >= 11 is 0. The highest BCUT2D eigenvalue weighted by Crippen LogP contribution is 2.05. The lowest BCUT2D eigenvalue weighted by atomic mass is 10.1. The largest absolute Gasteiger partial charge is 0.388 e. The molecule has 0 saturated carbocycles. The molecule has 1 heterocycles. The second-order valence-electron chi connectivity index (χ2n) is 6.12. The van der Waals surface area contributed by atoms with E-state index < -0.39 is 6.04 Å². The fourth-order valence-electron chi connectivity index (χ4n) is 2.45. The molecule has 0 saturated heterocycles. The number of unbranched alkanes of at least 4 members (excludes halogenated alkanes) is 4. The van der Waals surface area contributed by atoms with Crippen LogP contribution in [-0.2, 0) is 16.0 Å². The normalized spacial score (nSPS) is 11.7. The zero-order valence-corrected chi connectivity index (χ0v) is 14.9. The molecule has 1 atom stereocenters. The van der Waals surface area contributed by atoms with Gasteiger partial charge >= 0.3 is 0 Å². The van der Waals surface area contributed by atoms with Gasteiger partial charge in [-0.05, 0) is 6.42 Å². The third kappa shape index (κ3) is 9.49. The SMILES string of the molecule is CCCCCCCC(=O)N[C@H](CC(=N)N)C(=O)NCCc1c[nH]cn1. The quantitative estimate of drug-likeness (QED) is 0.208. The lowest BCUT2D eigenvalue weighted by molar-refractivity contribution is -0.128. The molecule has 0 aliphatic heterocycles. The Kier molecular flexibility index (Phi) is 9.96. The van der Waals surface area contributed by atoms with Crippen LogP contribution < -0.4 is 16.4 Å². The van der Waals surface area contributed by atoms with Crippen LogP contribution in [-0.4, -0.2) is 40.2 Å². The summed E-state index contributed by atoms with van der Waals surface area (Å²) < 4.78 is 0. The van der Waals surface area contributed by atoms with Crippen LogP contribution in [0.15, 0.2) is 12.5 Å². The molecule has 0 spiro atoms. The van der Waals surface area contributed by atoms with Crippen LogP contribution in [0.5, 0.6) is 0 Å². The summed E-state index contributed by atoms with van der Waals surface area (Å²) in [5.41, 5.74) is 6.25. The van der Waals surface area contributed by atoms with Gasteiger partial charge in [0.1, 0.15) is 6.04 Å². The maximum atomic E-state index is 12.3. The topological polar surface area (TPSA) is 137 Å². The molecule has 0 unspecified atom stereocenters. The lowest BCUT2D eigenvalue weighted by Gasteiger charge is -2.18. The number of hydrogen-bond acceptors (Lipinski definition) is 4. The maximum absolute atomic E-state index is 12.3. The summed E-state index contributed by atoms with van der Waals surface area (Å²) in [4.78, 5) is 31.2. The molecule has 6 N–H and O–H groups in total. The number of nitrogens with two attached hydrogens (primary N) is 1. The summed E-state index contributed by atoms with van der Waals surface area (Å²) in [6.07, 6.45) is 9.60. The first-order valence-electron chi connectivity index (χ1n) is 8.90. The summed E-state index contributed by atoms with van der Waals surface area (Å²) in [6.45, 7) is 2.55. The number of nitrogens with one attached hydrogen (secondary N) is 4. The minimum atomic E-state index is -0.806. The van der Waals surface area contributed by atoms with E-state index in [4.69, 9.17) is 11.1 Å². The van der Waals surface area contributed by atoms with Crippen molar-refractivity contribution >= 4 is 17.6 Å². The minimum absolute atomic E-state index is 0.00973. The summed E-state index contributed by atoms with van der Waals surface area (Å²) in [5, 5.41) is 12.8. The molecule has 25 heavy (non-hydrogen) atoms. The molecule has 0 aromatic carbocycles. The van der Waals surface area contributed by atoms with Crippen molar-refractivity contribution < 1.29 is 9.59 Å². The molecular formula is C17H30N6O2. The van der Waals surface area contributed by atoms with E-state index in [1.807, 2.05) is 0 Å². The molecule has 8 heteroatoms. The first-order valence-corrected chi connectivity index (χ1v) is 8.90. The van der Waals surface area contributed by atoms with E-state index in [1.54, 1.807) is 12.5 Å². The van der Waals surface area contributed by atoms with Gasteiger partial charge in [0.2, 0.25) is 11.8 Å². The smallest absolute Gasteiger partial charge is 0.243 e. The van der Waals surface area contributed by atoms with Crippen molar-refractivity contribution in [1.29, 1.82) is 5.41 Å². The highest BCUT2D eigenvalue weighted by atomic mass is 16.2. The monoisotopic (exact) mass is 350 g/mol. The van der Waals surface area contributed by atoms with Gasteiger partial charge in [0.05, 0.1) is 17.9 Å².